The Kier molecular flexibility index (Phi) is 7.37. The summed E-state index contributed by atoms with van der Waals surface area (Å²) in [6.45, 7) is 5.56. The second kappa shape index (κ2) is 9.30. The van der Waals surface area contributed by atoms with Crippen LogP contribution in [0.25, 0.3) is 0 Å². The maximum atomic E-state index is 12.4. The predicted octanol–water partition coefficient (Wildman–Crippen LogP) is 3.25. The SMILES string of the molecule is CCOC(=O)/C=C/[C@@H]1OC(C)(C)O[C@H]1[C@@H](CBr)OC(=O)c1ccccc1. The molecule has 0 radical (unpaired) electrons. The number of alkyl halides is 1. The van der Waals surface area contributed by atoms with Crippen LogP contribution in [-0.2, 0) is 23.7 Å². The largest absolute Gasteiger partial charge is 0.463 e. The Labute approximate surface area is 161 Å². The van der Waals surface area contributed by atoms with Gasteiger partial charge in [0.2, 0.25) is 0 Å². The van der Waals surface area contributed by atoms with E-state index in [9.17, 15) is 9.59 Å². The minimum Gasteiger partial charge on any atom is -0.463 e. The fourth-order valence-corrected chi connectivity index (χ4v) is 3.08. The lowest BCUT2D eigenvalue weighted by molar-refractivity contribution is -0.152. The van der Waals surface area contributed by atoms with Gasteiger partial charge in [-0.3, -0.25) is 0 Å². The quantitative estimate of drug-likeness (QED) is 0.378. The molecule has 0 spiro atoms. The van der Waals surface area contributed by atoms with Crippen LogP contribution in [0, 0.1) is 0 Å². The van der Waals surface area contributed by atoms with E-state index in [1.54, 1.807) is 51.1 Å². The Morgan fingerprint density at radius 1 is 1.27 bits per heavy atom. The van der Waals surface area contributed by atoms with E-state index in [1.165, 1.54) is 6.08 Å². The van der Waals surface area contributed by atoms with Crippen LogP contribution in [0.5, 0.6) is 0 Å². The van der Waals surface area contributed by atoms with Crippen LogP contribution in [0.1, 0.15) is 31.1 Å². The van der Waals surface area contributed by atoms with Gasteiger partial charge in [0.25, 0.3) is 0 Å². The van der Waals surface area contributed by atoms with Crippen molar-refractivity contribution in [2.75, 3.05) is 11.9 Å². The summed E-state index contributed by atoms with van der Waals surface area (Å²) in [5, 5.41) is 0.361. The zero-order chi connectivity index (χ0) is 19.2. The minimum absolute atomic E-state index is 0.291. The van der Waals surface area contributed by atoms with Gasteiger partial charge in [0.15, 0.2) is 5.79 Å². The molecule has 1 saturated heterocycles. The average molecular weight is 427 g/mol. The molecule has 0 aromatic heterocycles. The van der Waals surface area contributed by atoms with Gasteiger partial charge in [-0.25, -0.2) is 9.59 Å². The highest BCUT2D eigenvalue weighted by Gasteiger charge is 2.45. The normalized spacial score (nSPS) is 22.9. The molecule has 1 aromatic rings. The summed E-state index contributed by atoms with van der Waals surface area (Å²) >= 11 is 3.37. The van der Waals surface area contributed by atoms with Gasteiger partial charge in [-0.05, 0) is 39.0 Å². The molecule has 1 aliphatic heterocycles. The summed E-state index contributed by atoms with van der Waals surface area (Å²) in [7, 11) is 0. The zero-order valence-corrected chi connectivity index (χ0v) is 16.6. The third-order valence-corrected chi connectivity index (χ3v) is 4.30. The first-order chi connectivity index (χ1) is 12.4. The molecule has 1 aromatic carbocycles. The van der Waals surface area contributed by atoms with Crippen LogP contribution in [0.4, 0.5) is 0 Å². The van der Waals surface area contributed by atoms with Crippen molar-refractivity contribution in [1.82, 2.24) is 0 Å². The van der Waals surface area contributed by atoms with Crippen molar-refractivity contribution in [1.29, 1.82) is 0 Å². The smallest absolute Gasteiger partial charge is 0.338 e. The molecule has 1 heterocycles. The molecule has 1 aliphatic rings. The molecule has 2 rings (SSSR count). The highest BCUT2D eigenvalue weighted by molar-refractivity contribution is 9.09. The number of carbonyl (C=O) groups excluding carboxylic acids is 2. The molecule has 0 saturated carbocycles. The molecule has 6 nitrogen and oxygen atoms in total. The summed E-state index contributed by atoms with van der Waals surface area (Å²) in [6, 6.07) is 8.72. The van der Waals surface area contributed by atoms with E-state index >= 15 is 0 Å². The lowest BCUT2D eigenvalue weighted by Gasteiger charge is -2.24. The molecule has 7 heteroatoms. The van der Waals surface area contributed by atoms with Crippen LogP contribution < -0.4 is 0 Å². The summed E-state index contributed by atoms with van der Waals surface area (Å²) in [4.78, 5) is 23.9. The van der Waals surface area contributed by atoms with Crippen molar-refractivity contribution in [2.24, 2.45) is 0 Å². The molecule has 3 atom stereocenters. The van der Waals surface area contributed by atoms with Crippen LogP contribution >= 0.6 is 15.9 Å². The minimum atomic E-state index is -0.867. The first-order valence-corrected chi connectivity index (χ1v) is 9.51. The summed E-state index contributed by atoms with van der Waals surface area (Å²) in [5.74, 6) is -1.78. The van der Waals surface area contributed by atoms with Crippen molar-refractivity contribution < 1.29 is 28.5 Å². The summed E-state index contributed by atoms with van der Waals surface area (Å²) in [6.07, 6.45) is 1.16. The maximum Gasteiger partial charge on any atom is 0.338 e. The van der Waals surface area contributed by atoms with Crippen molar-refractivity contribution in [3.05, 3.63) is 48.0 Å². The first-order valence-electron chi connectivity index (χ1n) is 8.39. The van der Waals surface area contributed by atoms with Crippen molar-refractivity contribution in [2.45, 2.75) is 44.9 Å². The molecule has 0 bridgehead atoms. The van der Waals surface area contributed by atoms with Gasteiger partial charge in [-0.1, -0.05) is 34.1 Å². The van der Waals surface area contributed by atoms with E-state index in [1.807, 2.05) is 6.07 Å². The molecule has 0 N–H and O–H groups in total. The number of carbonyl (C=O) groups is 2. The van der Waals surface area contributed by atoms with Crippen LogP contribution in [0.2, 0.25) is 0 Å². The molecule has 1 fully saturated rings. The molecular weight excluding hydrogens is 404 g/mol. The van der Waals surface area contributed by atoms with Gasteiger partial charge < -0.3 is 18.9 Å². The van der Waals surface area contributed by atoms with Gasteiger partial charge in [0, 0.05) is 11.4 Å². The Hall–Kier alpha value is -1.70. The number of benzene rings is 1. The number of esters is 2. The number of rotatable bonds is 7. The molecular formula is C19H23BrO6. The molecule has 0 amide bonds. The van der Waals surface area contributed by atoms with E-state index in [2.05, 4.69) is 15.9 Å². The maximum absolute atomic E-state index is 12.4. The van der Waals surface area contributed by atoms with E-state index in [0.717, 1.165) is 0 Å². The van der Waals surface area contributed by atoms with Crippen LogP contribution in [0.3, 0.4) is 0 Å². The third-order valence-electron chi connectivity index (χ3n) is 3.66. The number of hydrogen-bond donors (Lipinski definition) is 0. The topological polar surface area (TPSA) is 71.1 Å². The van der Waals surface area contributed by atoms with E-state index in [4.69, 9.17) is 18.9 Å². The van der Waals surface area contributed by atoms with E-state index in [-0.39, 0.29) is 0 Å². The van der Waals surface area contributed by atoms with Crippen molar-refractivity contribution >= 4 is 27.9 Å². The van der Waals surface area contributed by atoms with Crippen molar-refractivity contribution in [3.63, 3.8) is 0 Å². The lowest BCUT2D eigenvalue weighted by atomic mass is 10.1. The standard InChI is InChI=1S/C19H23BrO6/c1-4-23-16(21)11-10-14-17(26-19(2,3)25-14)15(12-20)24-18(22)13-8-6-5-7-9-13/h5-11,14-15,17H,4,12H2,1-3H3/b11-10+/t14-,15+,17+/m0/s1. The van der Waals surface area contributed by atoms with Crippen LogP contribution in [0.15, 0.2) is 42.5 Å². The van der Waals surface area contributed by atoms with E-state index < -0.39 is 36.0 Å². The highest BCUT2D eigenvalue weighted by atomic mass is 79.9. The van der Waals surface area contributed by atoms with Gasteiger partial charge in [0.05, 0.1) is 12.2 Å². The fourth-order valence-electron chi connectivity index (χ4n) is 2.58. The average Bonchev–Trinajstić information content (AvgIpc) is 2.93. The number of halogens is 1. The molecule has 0 unspecified atom stereocenters. The number of ether oxygens (including phenoxy) is 4. The predicted molar refractivity (Wildman–Crippen MR) is 99.0 cm³/mol. The second-order valence-electron chi connectivity index (χ2n) is 6.14. The third kappa shape index (κ3) is 5.65. The second-order valence-corrected chi connectivity index (χ2v) is 6.79. The Bertz CT molecular complexity index is 643. The molecule has 0 aliphatic carbocycles. The summed E-state index contributed by atoms with van der Waals surface area (Å²) in [5.41, 5.74) is 0.454. The highest BCUT2D eigenvalue weighted by Crippen LogP contribution is 2.32. The molecule has 142 valence electrons. The Morgan fingerprint density at radius 3 is 2.58 bits per heavy atom. The van der Waals surface area contributed by atoms with Gasteiger partial charge in [-0.2, -0.15) is 0 Å². The summed E-state index contributed by atoms with van der Waals surface area (Å²) < 4.78 is 22.2. The first kappa shape index (κ1) is 20.6. The van der Waals surface area contributed by atoms with Crippen molar-refractivity contribution in [3.8, 4) is 0 Å². The monoisotopic (exact) mass is 426 g/mol. The van der Waals surface area contributed by atoms with Gasteiger partial charge >= 0.3 is 11.9 Å². The van der Waals surface area contributed by atoms with Gasteiger partial charge in [-0.15, -0.1) is 0 Å². The lowest BCUT2D eigenvalue weighted by Crippen LogP contribution is -2.39. The van der Waals surface area contributed by atoms with Gasteiger partial charge in [0.1, 0.15) is 18.3 Å². The van der Waals surface area contributed by atoms with Crippen LogP contribution in [-0.4, -0.2) is 48.0 Å². The Morgan fingerprint density at radius 2 is 1.96 bits per heavy atom. The Balaban J connectivity index is 2.12. The molecule has 26 heavy (non-hydrogen) atoms. The fraction of sp³-hybridized carbons (Fsp3) is 0.474. The zero-order valence-electron chi connectivity index (χ0n) is 15.0. The number of hydrogen-bond acceptors (Lipinski definition) is 6. The van der Waals surface area contributed by atoms with E-state index in [0.29, 0.717) is 17.5 Å².